The molecule has 1 amide bonds. The molecule has 0 bridgehead atoms. The number of carbonyl (C=O) groups excluding carboxylic acids is 2. The van der Waals surface area contributed by atoms with Crippen molar-refractivity contribution in [3.8, 4) is 11.1 Å². The van der Waals surface area contributed by atoms with Crippen molar-refractivity contribution in [2.45, 2.75) is 24.8 Å². The van der Waals surface area contributed by atoms with Gasteiger partial charge in [0, 0.05) is 29.4 Å². The van der Waals surface area contributed by atoms with Gasteiger partial charge in [-0.3, -0.25) is 4.79 Å². The molecule has 0 saturated heterocycles. The summed E-state index contributed by atoms with van der Waals surface area (Å²) in [6.45, 7) is 1.85. The number of alkyl carbamates (subject to hydrolysis) is 1. The van der Waals surface area contributed by atoms with E-state index < -0.39 is 11.6 Å². The van der Waals surface area contributed by atoms with E-state index in [1.165, 1.54) is 11.1 Å². The van der Waals surface area contributed by atoms with Crippen LogP contribution in [-0.2, 0) is 16.0 Å². The molecule has 1 atom stereocenters. The standard InChI is InChI=1S/C27H23N2O3/c1-27(17-30,14-18-15-28-25-13-7-6-8-19(18)25)29-26(31)32-16-24-22-11-4-2-9-20(22)21-10-3-5-12-23(21)24/h2-13,15,24,28H,14,16H2,1H3,(H,29,31)/t27-/m1/s1. The number of benzene rings is 3. The zero-order valence-corrected chi connectivity index (χ0v) is 17.7. The van der Waals surface area contributed by atoms with Gasteiger partial charge in [-0.05, 0) is 40.8 Å². The van der Waals surface area contributed by atoms with Crippen LogP contribution in [0, 0.1) is 0 Å². The quantitative estimate of drug-likeness (QED) is 0.452. The van der Waals surface area contributed by atoms with Crippen LogP contribution in [0.3, 0.4) is 0 Å². The van der Waals surface area contributed by atoms with E-state index in [0.717, 1.165) is 27.6 Å². The first-order valence-electron chi connectivity index (χ1n) is 10.7. The number of para-hydroxylation sites is 1. The molecule has 4 aromatic rings. The van der Waals surface area contributed by atoms with Crippen molar-refractivity contribution < 1.29 is 14.3 Å². The SMILES string of the molecule is C[C@]([C]=O)(Cc1c[nH]c2ccccc12)NC(=O)OCC1c2ccccc2-c2ccccc21. The van der Waals surface area contributed by atoms with Crippen LogP contribution in [-0.4, -0.2) is 29.5 Å². The molecule has 159 valence electrons. The minimum absolute atomic E-state index is 0.0340. The molecule has 1 aliphatic rings. The molecule has 1 aliphatic carbocycles. The summed E-state index contributed by atoms with van der Waals surface area (Å²) in [6.07, 6.45) is 3.54. The number of hydrogen-bond acceptors (Lipinski definition) is 3. The van der Waals surface area contributed by atoms with E-state index in [4.69, 9.17) is 4.74 Å². The number of H-pyrrole nitrogens is 1. The highest BCUT2D eigenvalue weighted by atomic mass is 16.5. The van der Waals surface area contributed by atoms with E-state index in [2.05, 4.69) is 34.6 Å². The van der Waals surface area contributed by atoms with Crippen LogP contribution in [0.15, 0.2) is 79.0 Å². The third-order valence-electron chi connectivity index (χ3n) is 6.17. The largest absolute Gasteiger partial charge is 0.449 e. The molecule has 1 radical (unpaired) electrons. The Labute approximate surface area is 186 Å². The summed E-state index contributed by atoms with van der Waals surface area (Å²) in [5.41, 5.74) is 5.34. The number of carbonyl (C=O) groups is 1. The minimum Gasteiger partial charge on any atom is -0.449 e. The van der Waals surface area contributed by atoms with Gasteiger partial charge in [0.05, 0.1) is 0 Å². The Morgan fingerprint density at radius 1 is 1.00 bits per heavy atom. The molecule has 5 nitrogen and oxygen atoms in total. The lowest BCUT2D eigenvalue weighted by Crippen LogP contribution is -2.49. The molecule has 2 N–H and O–H groups in total. The van der Waals surface area contributed by atoms with E-state index in [1.807, 2.05) is 61.0 Å². The Bertz CT molecular complexity index is 1260. The van der Waals surface area contributed by atoms with Gasteiger partial charge in [0.1, 0.15) is 12.1 Å². The number of ether oxygens (including phenoxy) is 1. The van der Waals surface area contributed by atoms with Gasteiger partial charge < -0.3 is 15.0 Å². The summed E-state index contributed by atoms with van der Waals surface area (Å²) >= 11 is 0. The van der Waals surface area contributed by atoms with Gasteiger partial charge in [-0.15, -0.1) is 0 Å². The lowest BCUT2D eigenvalue weighted by atomic mass is 9.94. The maximum atomic E-state index is 12.7. The average molecular weight is 423 g/mol. The van der Waals surface area contributed by atoms with Crippen molar-refractivity contribution in [3.63, 3.8) is 0 Å². The number of aromatic amines is 1. The van der Waals surface area contributed by atoms with E-state index in [1.54, 1.807) is 6.92 Å². The van der Waals surface area contributed by atoms with Crippen LogP contribution >= 0.6 is 0 Å². The summed E-state index contributed by atoms with van der Waals surface area (Å²) < 4.78 is 5.61. The lowest BCUT2D eigenvalue weighted by molar-refractivity contribution is 0.136. The summed E-state index contributed by atoms with van der Waals surface area (Å²) in [7, 11) is 0. The van der Waals surface area contributed by atoms with Gasteiger partial charge in [0.25, 0.3) is 0 Å². The number of amides is 1. The van der Waals surface area contributed by atoms with E-state index in [0.29, 0.717) is 6.42 Å². The molecular formula is C27H23N2O3. The summed E-state index contributed by atoms with van der Waals surface area (Å²) in [6, 6.07) is 24.2. The summed E-state index contributed by atoms with van der Waals surface area (Å²) in [4.78, 5) is 27.7. The maximum Gasteiger partial charge on any atom is 0.407 e. The van der Waals surface area contributed by atoms with E-state index >= 15 is 0 Å². The monoisotopic (exact) mass is 423 g/mol. The van der Waals surface area contributed by atoms with Crippen molar-refractivity contribution in [3.05, 3.63) is 95.7 Å². The van der Waals surface area contributed by atoms with Gasteiger partial charge in [-0.25, -0.2) is 4.79 Å². The molecular weight excluding hydrogens is 400 g/mol. The van der Waals surface area contributed by atoms with Crippen LogP contribution < -0.4 is 5.32 Å². The molecule has 0 aliphatic heterocycles. The second-order valence-electron chi connectivity index (χ2n) is 8.42. The minimum atomic E-state index is -1.20. The normalized spacial score (nSPS) is 14.4. The zero-order valence-electron chi connectivity index (χ0n) is 17.7. The highest BCUT2D eigenvalue weighted by Gasteiger charge is 2.32. The highest BCUT2D eigenvalue weighted by molar-refractivity contribution is 5.85. The highest BCUT2D eigenvalue weighted by Crippen LogP contribution is 2.44. The summed E-state index contributed by atoms with van der Waals surface area (Å²) in [5.74, 6) is -0.0340. The fraction of sp³-hybridized carbons (Fsp3) is 0.185. The Balaban J connectivity index is 1.29. The average Bonchev–Trinajstić information content (AvgIpc) is 3.37. The van der Waals surface area contributed by atoms with Crippen molar-refractivity contribution in [2.75, 3.05) is 6.61 Å². The smallest absolute Gasteiger partial charge is 0.407 e. The molecule has 0 unspecified atom stereocenters. The van der Waals surface area contributed by atoms with Gasteiger partial charge in [0.2, 0.25) is 6.29 Å². The van der Waals surface area contributed by atoms with E-state index in [9.17, 15) is 9.59 Å². The fourth-order valence-corrected chi connectivity index (χ4v) is 4.62. The number of hydrogen-bond donors (Lipinski definition) is 2. The van der Waals surface area contributed by atoms with Crippen LogP contribution in [0.2, 0.25) is 0 Å². The molecule has 5 rings (SSSR count). The van der Waals surface area contributed by atoms with Crippen LogP contribution in [0.1, 0.15) is 29.5 Å². The van der Waals surface area contributed by atoms with Gasteiger partial charge in [-0.1, -0.05) is 66.7 Å². The zero-order chi connectivity index (χ0) is 22.1. The first-order chi connectivity index (χ1) is 15.6. The van der Waals surface area contributed by atoms with Crippen LogP contribution in [0.4, 0.5) is 4.79 Å². The number of fused-ring (bicyclic) bond motifs is 4. The molecule has 0 spiro atoms. The first-order valence-corrected chi connectivity index (χ1v) is 10.7. The van der Waals surface area contributed by atoms with Crippen molar-refractivity contribution in [1.82, 2.24) is 10.3 Å². The second kappa shape index (κ2) is 8.00. The van der Waals surface area contributed by atoms with Gasteiger partial charge in [-0.2, -0.15) is 0 Å². The molecule has 0 saturated carbocycles. The molecule has 1 heterocycles. The number of aromatic nitrogens is 1. The molecule has 1 aromatic heterocycles. The molecule has 5 heteroatoms. The van der Waals surface area contributed by atoms with Crippen LogP contribution in [0.5, 0.6) is 0 Å². The molecule has 32 heavy (non-hydrogen) atoms. The summed E-state index contributed by atoms with van der Waals surface area (Å²) in [5, 5.41) is 3.74. The lowest BCUT2D eigenvalue weighted by Gasteiger charge is -2.24. The predicted octanol–water partition coefficient (Wildman–Crippen LogP) is 5.12. The Kier molecular flexibility index (Phi) is 5.02. The van der Waals surface area contributed by atoms with Gasteiger partial charge in [0.15, 0.2) is 0 Å². The number of nitrogens with one attached hydrogen (secondary N) is 2. The maximum absolute atomic E-state index is 12.7. The Morgan fingerprint density at radius 2 is 1.62 bits per heavy atom. The predicted molar refractivity (Wildman–Crippen MR) is 124 cm³/mol. The van der Waals surface area contributed by atoms with Crippen molar-refractivity contribution >= 4 is 23.3 Å². The second-order valence-corrected chi connectivity index (χ2v) is 8.42. The Morgan fingerprint density at radius 3 is 2.31 bits per heavy atom. The third kappa shape index (κ3) is 3.56. The third-order valence-corrected chi connectivity index (χ3v) is 6.17. The Hall–Kier alpha value is -3.86. The van der Waals surface area contributed by atoms with Crippen molar-refractivity contribution in [2.24, 2.45) is 0 Å². The van der Waals surface area contributed by atoms with E-state index in [-0.39, 0.29) is 12.5 Å². The topological polar surface area (TPSA) is 71.2 Å². The van der Waals surface area contributed by atoms with Crippen molar-refractivity contribution in [1.29, 1.82) is 0 Å². The number of rotatable bonds is 6. The van der Waals surface area contributed by atoms with Crippen LogP contribution in [0.25, 0.3) is 22.0 Å². The van der Waals surface area contributed by atoms with Gasteiger partial charge >= 0.3 is 6.09 Å². The first kappa shape index (κ1) is 20.1. The molecule has 3 aromatic carbocycles. The molecule has 0 fully saturated rings. The fourth-order valence-electron chi connectivity index (χ4n) is 4.62.